The van der Waals surface area contributed by atoms with Crippen molar-refractivity contribution in [2.45, 2.75) is 31.5 Å². The van der Waals surface area contributed by atoms with Crippen LogP contribution in [0.5, 0.6) is 0 Å². The summed E-state index contributed by atoms with van der Waals surface area (Å²) in [5, 5.41) is 8.15. The Hall–Kier alpha value is -3.86. The average Bonchev–Trinajstić information content (AvgIpc) is 3.22. The molecule has 2 aromatic heterocycles. The number of nitrogens with zero attached hydrogens (tertiary/aromatic N) is 8. The lowest BCUT2D eigenvalue weighted by Crippen LogP contribution is -2.54. The number of halogens is 1. The van der Waals surface area contributed by atoms with E-state index >= 15 is 0 Å². The first-order valence-electron chi connectivity index (χ1n) is 12.9. The second kappa shape index (κ2) is 10.5. The fourth-order valence-corrected chi connectivity index (χ4v) is 5.76. The number of hydrogen-bond donors (Lipinski definition) is 1. The summed E-state index contributed by atoms with van der Waals surface area (Å²) >= 11 is 6.07. The largest absolute Gasteiger partial charge is 0.445 e. The van der Waals surface area contributed by atoms with E-state index in [1.807, 2.05) is 42.7 Å². The molecule has 0 saturated carbocycles. The van der Waals surface area contributed by atoms with E-state index in [1.165, 1.54) is 0 Å². The van der Waals surface area contributed by atoms with E-state index in [0.29, 0.717) is 37.1 Å². The first-order chi connectivity index (χ1) is 18.5. The lowest BCUT2D eigenvalue weighted by molar-refractivity contribution is 0.0942. The van der Waals surface area contributed by atoms with Gasteiger partial charge in [0.05, 0.1) is 23.8 Å². The van der Waals surface area contributed by atoms with Crippen LogP contribution in [0.2, 0.25) is 5.15 Å². The van der Waals surface area contributed by atoms with Crippen molar-refractivity contribution in [1.29, 1.82) is 0 Å². The van der Waals surface area contributed by atoms with Gasteiger partial charge in [-0.1, -0.05) is 41.9 Å². The number of aromatic nitrogens is 4. The number of nitrogen functional groups attached to an aromatic ring is 1. The lowest BCUT2D eigenvalue weighted by atomic mass is 10.2. The monoisotopic (exact) mass is 535 g/mol. The Bertz CT molecular complexity index is 1260. The normalized spacial score (nSPS) is 21.1. The average molecular weight is 536 g/mol. The molecule has 3 fully saturated rings. The van der Waals surface area contributed by atoms with Crippen LogP contribution >= 0.6 is 11.6 Å². The van der Waals surface area contributed by atoms with Gasteiger partial charge in [0.1, 0.15) is 6.61 Å². The number of carbonyl (C=O) groups excluding carboxylic acids is 1. The van der Waals surface area contributed by atoms with Crippen molar-refractivity contribution < 1.29 is 9.53 Å². The maximum atomic E-state index is 12.5. The van der Waals surface area contributed by atoms with Crippen molar-refractivity contribution in [2.24, 2.45) is 0 Å². The van der Waals surface area contributed by atoms with Crippen LogP contribution in [0, 0.1) is 0 Å². The minimum absolute atomic E-state index is 0.277. The molecule has 1 amide bonds. The Morgan fingerprint density at radius 2 is 1.66 bits per heavy atom. The zero-order valence-electron chi connectivity index (χ0n) is 21.0. The summed E-state index contributed by atoms with van der Waals surface area (Å²) in [4.78, 5) is 30.5. The molecular weight excluding hydrogens is 506 g/mol. The van der Waals surface area contributed by atoms with Crippen molar-refractivity contribution in [2.75, 3.05) is 59.7 Å². The Labute approximate surface area is 226 Å². The van der Waals surface area contributed by atoms with Crippen LogP contribution < -0.4 is 20.4 Å². The molecule has 38 heavy (non-hydrogen) atoms. The minimum atomic E-state index is -0.277. The number of fused-ring (bicyclic) bond motifs is 2. The number of ether oxygens (including phenoxy) is 1. The van der Waals surface area contributed by atoms with Crippen LogP contribution in [0.25, 0.3) is 0 Å². The molecule has 2 atom stereocenters. The fourth-order valence-electron chi connectivity index (χ4n) is 5.62. The molecule has 0 aliphatic carbocycles. The number of benzene rings is 1. The van der Waals surface area contributed by atoms with Crippen LogP contribution in [0.4, 0.5) is 27.9 Å². The summed E-state index contributed by atoms with van der Waals surface area (Å²) in [5.41, 5.74) is 8.86. The SMILES string of the molecule is Nc1nnc(Cl)cc1N1CC2CCC(C1)N2c1ncc(N2CCN(C(=O)OCc3ccccc3)CC2)cn1. The molecule has 2 N–H and O–H groups in total. The second-order valence-corrected chi connectivity index (χ2v) is 10.3. The molecule has 5 heterocycles. The molecule has 11 nitrogen and oxygen atoms in total. The van der Waals surface area contributed by atoms with Gasteiger partial charge in [-0.25, -0.2) is 14.8 Å². The Balaban J connectivity index is 1.04. The first kappa shape index (κ1) is 24.5. The number of hydrogen-bond acceptors (Lipinski definition) is 10. The standard InChI is InChI=1S/C26H30ClN9O2/c27-23-12-22(24(28)32-31-23)35-15-19-6-7-20(16-35)36(19)25-29-13-21(14-30-25)33-8-10-34(11-9-33)26(37)38-17-18-4-2-1-3-5-18/h1-5,12-14,19-20H,6-11,15-17H2,(H2,28,32). The predicted molar refractivity (Wildman–Crippen MR) is 145 cm³/mol. The van der Waals surface area contributed by atoms with Gasteiger partial charge in [0.2, 0.25) is 5.95 Å². The van der Waals surface area contributed by atoms with Gasteiger partial charge >= 0.3 is 6.09 Å². The van der Waals surface area contributed by atoms with Crippen molar-refractivity contribution in [1.82, 2.24) is 25.1 Å². The number of rotatable bonds is 5. The van der Waals surface area contributed by atoms with Gasteiger partial charge in [-0.2, -0.15) is 0 Å². The molecule has 6 rings (SSSR count). The molecule has 3 aliphatic rings. The summed E-state index contributed by atoms with van der Waals surface area (Å²) in [7, 11) is 0. The maximum absolute atomic E-state index is 12.5. The molecule has 1 aromatic carbocycles. The summed E-state index contributed by atoms with van der Waals surface area (Å²) < 4.78 is 5.48. The van der Waals surface area contributed by atoms with E-state index in [1.54, 1.807) is 11.0 Å². The molecule has 3 aromatic rings. The van der Waals surface area contributed by atoms with Crippen LogP contribution in [0.1, 0.15) is 18.4 Å². The Morgan fingerprint density at radius 1 is 0.974 bits per heavy atom. The molecule has 12 heteroatoms. The van der Waals surface area contributed by atoms with Crippen LogP contribution in [-0.4, -0.2) is 82.5 Å². The first-order valence-corrected chi connectivity index (χ1v) is 13.3. The fraction of sp³-hybridized carbons (Fsp3) is 0.423. The van der Waals surface area contributed by atoms with E-state index in [9.17, 15) is 4.79 Å². The predicted octanol–water partition coefficient (Wildman–Crippen LogP) is 2.82. The smallest absolute Gasteiger partial charge is 0.410 e. The van der Waals surface area contributed by atoms with E-state index < -0.39 is 0 Å². The Morgan fingerprint density at radius 3 is 2.34 bits per heavy atom. The highest BCUT2D eigenvalue weighted by Crippen LogP contribution is 2.36. The van der Waals surface area contributed by atoms with Crippen LogP contribution in [0.3, 0.4) is 0 Å². The molecule has 3 saturated heterocycles. The molecule has 0 radical (unpaired) electrons. The minimum Gasteiger partial charge on any atom is -0.445 e. The Kier molecular flexibility index (Phi) is 6.75. The van der Waals surface area contributed by atoms with E-state index in [2.05, 4.69) is 24.9 Å². The summed E-state index contributed by atoms with van der Waals surface area (Å²) in [6.45, 7) is 4.49. The van der Waals surface area contributed by atoms with Gasteiger partial charge in [0.15, 0.2) is 11.0 Å². The van der Waals surface area contributed by atoms with Crippen LogP contribution in [0.15, 0.2) is 48.8 Å². The zero-order valence-corrected chi connectivity index (χ0v) is 21.7. The molecule has 198 valence electrons. The highest BCUT2D eigenvalue weighted by molar-refractivity contribution is 6.29. The summed E-state index contributed by atoms with van der Waals surface area (Å²) in [6, 6.07) is 12.1. The molecule has 3 aliphatic heterocycles. The summed E-state index contributed by atoms with van der Waals surface area (Å²) in [5.74, 6) is 1.15. The number of carbonyl (C=O) groups is 1. The van der Waals surface area contributed by atoms with Crippen molar-refractivity contribution in [3.63, 3.8) is 0 Å². The maximum Gasteiger partial charge on any atom is 0.410 e. The van der Waals surface area contributed by atoms with Crippen molar-refractivity contribution >= 4 is 40.8 Å². The van der Waals surface area contributed by atoms with Gasteiger partial charge in [0.25, 0.3) is 0 Å². The zero-order chi connectivity index (χ0) is 26.1. The molecule has 2 bridgehead atoms. The molecule has 0 spiro atoms. The van der Waals surface area contributed by atoms with Crippen LogP contribution in [-0.2, 0) is 11.3 Å². The highest BCUT2D eigenvalue weighted by Gasteiger charge is 2.42. The third-order valence-corrected chi connectivity index (χ3v) is 7.74. The number of piperazine rings is 2. The quantitative estimate of drug-likeness (QED) is 0.522. The van der Waals surface area contributed by atoms with Gasteiger partial charge in [-0.15, -0.1) is 10.2 Å². The van der Waals surface area contributed by atoms with Gasteiger partial charge < -0.3 is 30.1 Å². The summed E-state index contributed by atoms with van der Waals surface area (Å²) in [6.07, 6.45) is 5.65. The molecule has 2 unspecified atom stereocenters. The third-order valence-electron chi connectivity index (χ3n) is 7.56. The topological polar surface area (TPSA) is 117 Å². The van der Waals surface area contributed by atoms with Gasteiger partial charge in [-0.05, 0) is 18.4 Å². The molecular formula is C26H30ClN9O2. The van der Waals surface area contributed by atoms with Gasteiger partial charge in [0, 0.05) is 57.4 Å². The number of amides is 1. The highest BCUT2D eigenvalue weighted by atomic mass is 35.5. The van der Waals surface area contributed by atoms with E-state index in [0.717, 1.165) is 48.8 Å². The van der Waals surface area contributed by atoms with Crippen molar-refractivity contribution in [3.05, 3.63) is 59.5 Å². The third kappa shape index (κ3) is 4.98. The lowest BCUT2D eigenvalue weighted by Gasteiger charge is -2.42. The number of anilines is 4. The second-order valence-electron chi connectivity index (χ2n) is 9.89. The van der Waals surface area contributed by atoms with E-state index in [4.69, 9.17) is 32.0 Å². The van der Waals surface area contributed by atoms with E-state index in [-0.39, 0.29) is 24.8 Å². The van der Waals surface area contributed by atoms with Gasteiger partial charge in [-0.3, -0.25) is 0 Å². The number of nitrogens with two attached hydrogens (primary N) is 1. The van der Waals surface area contributed by atoms with Crippen molar-refractivity contribution in [3.8, 4) is 0 Å².